The van der Waals surface area contributed by atoms with Crippen LogP contribution >= 0.6 is 0 Å². The van der Waals surface area contributed by atoms with Crippen molar-refractivity contribution >= 4 is 11.6 Å². The molecule has 1 aromatic carbocycles. The Labute approximate surface area is 188 Å². The summed E-state index contributed by atoms with van der Waals surface area (Å²) in [5, 5.41) is 19.3. The van der Waals surface area contributed by atoms with Crippen molar-refractivity contribution in [1.29, 1.82) is 10.7 Å². The molecule has 0 saturated heterocycles. The standard InChI is InChI=1S/C26H37N5/c27-23-30-26(28)31(25-18-20-29-21-19-25)22-14-9-7-5-3-1-2-4-6-8-11-15-24-16-12-10-13-17-24/h10,12-13,16-21H,1-9,11,14-15,22H2,(H2,28,30). The van der Waals surface area contributed by atoms with Crippen LogP contribution in [0.4, 0.5) is 5.69 Å². The molecule has 2 rings (SSSR count). The topological polar surface area (TPSA) is 75.8 Å². The third kappa shape index (κ3) is 10.6. The maximum absolute atomic E-state index is 8.81. The molecule has 5 heteroatoms. The largest absolute Gasteiger partial charge is 0.312 e. The Morgan fingerprint density at radius 2 is 1.35 bits per heavy atom. The number of aromatic nitrogens is 1. The summed E-state index contributed by atoms with van der Waals surface area (Å²) >= 11 is 0. The summed E-state index contributed by atoms with van der Waals surface area (Å²) < 4.78 is 0. The van der Waals surface area contributed by atoms with Crippen molar-refractivity contribution in [2.45, 2.75) is 77.0 Å². The molecule has 0 aliphatic heterocycles. The number of guanidine groups is 1. The van der Waals surface area contributed by atoms with E-state index in [1.807, 2.05) is 23.2 Å². The number of nitrogens with one attached hydrogen (secondary N) is 2. The summed E-state index contributed by atoms with van der Waals surface area (Å²) in [4.78, 5) is 5.86. The van der Waals surface area contributed by atoms with E-state index in [0.29, 0.717) is 0 Å². The van der Waals surface area contributed by atoms with Crippen LogP contribution in [0.15, 0.2) is 54.9 Å². The predicted molar refractivity (Wildman–Crippen MR) is 129 cm³/mol. The fourth-order valence-corrected chi connectivity index (χ4v) is 3.85. The van der Waals surface area contributed by atoms with Gasteiger partial charge in [-0.1, -0.05) is 88.1 Å². The van der Waals surface area contributed by atoms with Crippen molar-refractivity contribution in [1.82, 2.24) is 10.3 Å². The molecule has 0 unspecified atom stereocenters. The van der Waals surface area contributed by atoms with E-state index in [-0.39, 0.29) is 5.96 Å². The normalized spacial score (nSPS) is 10.4. The average Bonchev–Trinajstić information content (AvgIpc) is 2.80. The summed E-state index contributed by atoms with van der Waals surface area (Å²) in [6.45, 7) is 0.737. The molecule has 0 radical (unpaired) electrons. The van der Waals surface area contributed by atoms with Gasteiger partial charge in [0.25, 0.3) is 0 Å². The molecule has 0 aliphatic carbocycles. The molecule has 1 aromatic heterocycles. The number of pyridine rings is 1. The first-order valence-electron chi connectivity index (χ1n) is 11.8. The van der Waals surface area contributed by atoms with Crippen LogP contribution in [-0.4, -0.2) is 17.5 Å². The minimum Gasteiger partial charge on any atom is -0.312 e. The second-order valence-corrected chi connectivity index (χ2v) is 8.07. The lowest BCUT2D eigenvalue weighted by Crippen LogP contribution is -2.39. The number of nitriles is 1. The van der Waals surface area contributed by atoms with E-state index < -0.39 is 0 Å². The quantitative estimate of drug-likeness (QED) is 0.115. The third-order valence-electron chi connectivity index (χ3n) is 5.61. The molecule has 2 N–H and O–H groups in total. The monoisotopic (exact) mass is 419 g/mol. The molecule has 0 spiro atoms. The van der Waals surface area contributed by atoms with Crippen molar-refractivity contribution in [3.63, 3.8) is 0 Å². The number of benzene rings is 1. The predicted octanol–water partition coefficient (Wildman–Crippen LogP) is 6.43. The molecule has 0 fully saturated rings. The van der Waals surface area contributed by atoms with E-state index in [1.54, 1.807) is 12.4 Å². The summed E-state index contributed by atoms with van der Waals surface area (Å²) in [7, 11) is 0. The SMILES string of the molecule is N#CNC(=N)N(CCCCCCCCCCCCCc1ccccc1)c1ccncc1. The van der Waals surface area contributed by atoms with E-state index in [0.717, 1.165) is 25.1 Å². The molecule has 166 valence electrons. The Hall–Kier alpha value is -2.87. The molecule has 2 aromatic rings. The van der Waals surface area contributed by atoms with Crippen molar-refractivity contribution in [2.75, 3.05) is 11.4 Å². The fourth-order valence-electron chi connectivity index (χ4n) is 3.85. The molecule has 5 nitrogen and oxygen atoms in total. The molecule has 0 atom stereocenters. The average molecular weight is 420 g/mol. The Balaban J connectivity index is 1.44. The first kappa shape index (κ1) is 24.4. The van der Waals surface area contributed by atoms with Crippen LogP contribution in [0.25, 0.3) is 0 Å². The highest BCUT2D eigenvalue weighted by Gasteiger charge is 2.11. The van der Waals surface area contributed by atoms with Crippen LogP contribution in [0.3, 0.4) is 0 Å². The number of nitrogens with zero attached hydrogens (tertiary/aromatic N) is 3. The Kier molecular flexibility index (Phi) is 12.5. The van der Waals surface area contributed by atoms with Gasteiger partial charge in [0.1, 0.15) is 0 Å². The van der Waals surface area contributed by atoms with Gasteiger partial charge in [0, 0.05) is 24.6 Å². The lowest BCUT2D eigenvalue weighted by atomic mass is 10.0. The van der Waals surface area contributed by atoms with Crippen molar-refractivity contribution in [3.8, 4) is 6.19 Å². The maximum Gasteiger partial charge on any atom is 0.209 e. The highest BCUT2D eigenvalue weighted by molar-refractivity contribution is 5.94. The molecular weight excluding hydrogens is 382 g/mol. The minimum atomic E-state index is 0.123. The highest BCUT2D eigenvalue weighted by Crippen LogP contribution is 2.15. The lowest BCUT2D eigenvalue weighted by Gasteiger charge is -2.23. The van der Waals surface area contributed by atoms with E-state index in [1.165, 1.54) is 69.8 Å². The molecule has 1 heterocycles. The summed E-state index contributed by atoms with van der Waals surface area (Å²) in [5.41, 5.74) is 2.36. The second kappa shape index (κ2) is 15.9. The van der Waals surface area contributed by atoms with Crippen LogP contribution in [0.5, 0.6) is 0 Å². The first-order chi connectivity index (χ1) is 15.3. The van der Waals surface area contributed by atoms with Gasteiger partial charge in [0.05, 0.1) is 0 Å². The first-order valence-corrected chi connectivity index (χ1v) is 11.8. The number of hydrogen-bond donors (Lipinski definition) is 2. The van der Waals surface area contributed by atoms with E-state index in [4.69, 9.17) is 10.7 Å². The molecule has 0 saturated carbocycles. The third-order valence-corrected chi connectivity index (χ3v) is 5.61. The van der Waals surface area contributed by atoms with E-state index >= 15 is 0 Å². The van der Waals surface area contributed by atoms with Gasteiger partial charge in [-0.2, -0.15) is 5.26 Å². The maximum atomic E-state index is 8.81. The van der Waals surface area contributed by atoms with Gasteiger partial charge in [-0.05, 0) is 37.0 Å². The van der Waals surface area contributed by atoms with Crippen LogP contribution in [-0.2, 0) is 6.42 Å². The second-order valence-electron chi connectivity index (χ2n) is 8.07. The molecule has 31 heavy (non-hydrogen) atoms. The van der Waals surface area contributed by atoms with Gasteiger partial charge < -0.3 is 4.90 Å². The van der Waals surface area contributed by atoms with Gasteiger partial charge in [-0.3, -0.25) is 15.7 Å². The van der Waals surface area contributed by atoms with Gasteiger partial charge in [-0.15, -0.1) is 0 Å². The summed E-state index contributed by atoms with van der Waals surface area (Å²) in [5.74, 6) is 0.123. The zero-order valence-electron chi connectivity index (χ0n) is 18.7. The molecule has 0 amide bonds. The van der Waals surface area contributed by atoms with Gasteiger partial charge >= 0.3 is 0 Å². The number of rotatable bonds is 15. The van der Waals surface area contributed by atoms with Gasteiger partial charge in [-0.25, -0.2) is 0 Å². The fraction of sp³-hybridized carbons (Fsp3) is 0.500. The number of unbranched alkanes of at least 4 members (excludes halogenated alkanes) is 10. The van der Waals surface area contributed by atoms with Crippen LogP contribution in [0, 0.1) is 16.9 Å². The number of anilines is 1. The van der Waals surface area contributed by atoms with E-state index in [2.05, 4.69) is 40.6 Å². The minimum absolute atomic E-state index is 0.123. The van der Waals surface area contributed by atoms with Crippen LogP contribution in [0.1, 0.15) is 76.2 Å². The number of aryl methyl sites for hydroxylation is 1. The van der Waals surface area contributed by atoms with Crippen LogP contribution in [0.2, 0.25) is 0 Å². The van der Waals surface area contributed by atoms with Crippen molar-refractivity contribution in [3.05, 3.63) is 60.4 Å². The van der Waals surface area contributed by atoms with Crippen LogP contribution < -0.4 is 10.2 Å². The van der Waals surface area contributed by atoms with E-state index in [9.17, 15) is 0 Å². The Morgan fingerprint density at radius 1 is 0.806 bits per heavy atom. The van der Waals surface area contributed by atoms with Crippen molar-refractivity contribution in [2.24, 2.45) is 0 Å². The molecule has 0 aliphatic rings. The summed E-state index contributed by atoms with van der Waals surface area (Å²) in [6, 6.07) is 14.5. The molecular formula is C26H37N5. The van der Waals surface area contributed by atoms with Gasteiger partial charge in [0.2, 0.25) is 5.96 Å². The zero-order valence-corrected chi connectivity index (χ0v) is 18.7. The van der Waals surface area contributed by atoms with Crippen molar-refractivity contribution < 1.29 is 0 Å². The zero-order chi connectivity index (χ0) is 22.0. The lowest BCUT2D eigenvalue weighted by molar-refractivity contribution is 0.546. The Morgan fingerprint density at radius 3 is 1.94 bits per heavy atom. The van der Waals surface area contributed by atoms with Gasteiger partial charge in [0.15, 0.2) is 6.19 Å². The highest BCUT2D eigenvalue weighted by atomic mass is 15.3. The Bertz CT molecular complexity index is 754. The number of hydrogen-bond acceptors (Lipinski definition) is 3. The molecule has 0 bridgehead atoms. The summed E-state index contributed by atoms with van der Waals surface area (Å²) in [6.07, 6.45) is 20.6. The smallest absolute Gasteiger partial charge is 0.209 e.